The van der Waals surface area contributed by atoms with Gasteiger partial charge in [0.2, 0.25) is 5.91 Å². The van der Waals surface area contributed by atoms with Crippen molar-refractivity contribution in [1.29, 1.82) is 0 Å². The Morgan fingerprint density at radius 1 is 1.43 bits per heavy atom. The first-order valence-electron chi connectivity index (χ1n) is 6.18. The number of hydrogen-bond donors (Lipinski definition) is 2. The van der Waals surface area contributed by atoms with Gasteiger partial charge in [-0.2, -0.15) is 4.31 Å². The molecular weight excluding hydrogens is 298 g/mol. The van der Waals surface area contributed by atoms with Crippen LogP contribution in [0.4, 0.5) is 0 Å². The monoisotopic (exact) mass is 313 g/mol. The second kappa shape index (κ2) is 5.08. The number of sulfonamides is 1. The molecule has 2 N–H and O–H groups in total. The summed E-state index contributed by atoms with van der Waals surface area (Å²) in [6.07, 6.45) is 0.978. The highest BCUT2D eigenvalue weighted by atomic mass is 32.2. The number of aromatic carboxylic acids is 1. The summed E-state index contributed by atoms with van der Waals surface area (Å²) in [4.78, 5) is 26.3. The Labute approximate surface area is 121 Å². The third-order valence-electron chi connectivity index (χ3n) is 3.32. The van der Waals surface area contributed by atoms with Crippen LogP contribution >= 0.6 is 0 Å². The van der Waals surface area contributed by atoms with Crippen molar-refractivity contribution in [1.82, 2.24) is 14.6 Å². The normalized spacial score (nSPS) is 19.0. The molecular formula is C12H15N3O5S. The number of carboxylic acid groups (broad SMARTS) is 1. The summed E-state index contributed by atoms with van der Waals surface area (Å²) in [6.45, 7) is 3.35. The number of hydrogen-bond acceptors (Lipinski definition) is 5. The molecule has 1 aliphatic rings. The van der Waals surface area contributed by atoms with Crippen LogP contribution in [-0.2, 0) is 14.8 Å². The largest absolute Gasteiger partial charge is 0.478 e. The molecule has 1 amide bonds. The maximum Gasteiger partial charge on any atom is 0.337 e. The number of carboxylic acids is 1. The van der Waals surface area contributed by atoms with Crippen LogP contribution in [0.25, 0.3) is 0 Å². The maximum atomic E-state index is 12.6. The summed E-state index contributed by atoms with van der Waals surface area (Å²) in [5.41, 5.74) is -1.34. The predicted octanol–water partition coefficient (Wildman–Crippen LogP) is -0.321. The van der Waals surface area contributed by atoms with Gasteiger partial charge in [0.25, 0.3) is 10.0 Å². The highest BCUT2D eigenvalue weighted by Crippen LogP contribution is 2.25. The van der Waals surface area contributed by atoms with Gasteiger partial charge in [0, 0.05) is 19.3 Å². The fraction of sp³-hybridized carbons (Fsp3) is 0.417. The number of nitrogens with one attached hydrogen (secondary N) is 1. The van der Waals surface area contributed by atoms with Crippen LogP contribution < -0.4 is 5.32 Å². The van der Waals surface area contributed by atoms with Gasteiger partial charge in [0.15, 0.2) is 5.03 Å². The fourth-order valence-electron chi connectivity index (χ4n) is 2.07. The van der Waals surface area contributed by atoms with Crippen LogP contribution in [0, 0.1) is 0 Å². The Bertz CT molecular complexity index is 681. The number of amides is 1. The first kappa shape index (κ1) is 15.4. The van der Waals surface area contributed by atoms with Crippen molar-refractivity contribution in [3.05, 3.63) is 23.9 Å². The topological polar surface area (TPSA) is 117 Å². The van der Waals surface area contributed by atoms with Crippen LogP contribution in [-0.4, -0.2) is 53.3 Å². The van der Waals surface area contributed by atoms with Crippen LogP contribution in [0.2, 0.25) is 0 Å². The van der Waals surface area contributed by atoms with E-state index in [4.69, 9.17) is 5.11 Å². The van der Waals surface area contributed by atoms with E-state index in [2.05, 4.69) is 10.3 Å². The van der Waals surface area contributed by atoms with E-state index in [1.165, 1.54) is 19.9 Å². The summed E-state index contributed by atoms with van der Waals surface area (Å²) in [5, 5.41) is 11.1. The van der Waals surface area contributed by atoms with Gasteiger partial charge in [-0.3, -0.25) is 4.79 Å². The summed E-state index contributed by atoms with van der Waals surface area (Å²) in [7, 11) is -3.98. The van der Waals surface area contributed by atoms with Crippen molar-refractivity contribution in [2.75, 3.05) is 13.1 Å². The molecule has 9 heteroatoms. The minimum atomic E-state index is -3.98. The van der Waals surface area contributed by atoms with Gasteiger partial charge in [0.05, 0.1) is 5.56 Å². The van der Waals surface area contributed by atoms with Crippen LogP contribution in [0.5, 0.6) is 0 Å². The molecule has 0 unspecified atom stereocenters. The van der Waals surface area contributed by atoms with E-state index in [9.17, 15) is 18.0 Å². The van der Waals surface area contributed by atoms with E-state index in [0.29, 0.717) is 0 Å². The Balaban J connectivity index is 2.41. The van der Waals surface area contributed by atoms with Crippen molar-refractivity contribution in [3.63, 3.8) is 0 Å². The molecule has 1 aliphatic heterocycles. The molecule has 0 aliphatic carbocycles. The van der Waals surface area contributed by atoms with Crippen LogP contribution in [0.1, 0.15) is 24.2 Å². The van der Waals surface area contributed by atoms with E-state index >= 15 is 0 Å². The van der Waals surface area contributed by atoms with Crippen molar-refractivity contribution < 1.29 is 23.1 Å². The zero-order valence-electron chi connectivity index (χ0n) is 11.5. The van der Waals surface area contributed by atoms with E-state index < -0.39 is 21.5 Å². The molecule has 0 bridgehead atoms. The number of rotatable bonds is 3. The van der Waals surface area contributed by atoms with E-state index in [-0.39, 0.29) is 29.6 Å². The molecule has 8 nitrogen and oxygen atoms in total. The molecule has 1 saturated heterocycles. The lowest BCUT2D eigenvalue weighted by atomic mass is 10.0. The van der Waals surface area contributed by atoms with Crippen molar-refractivity contribution in [3.8, 4) is 0 Å². The zero-order valence-corrected chi connectivity index (χ0v) is 12.3. The van der Waals surface area contributed by atoms with Gasteiger partial charge in [-0.05, 0) is 26.0 Å². The van der Waals surface area contributed by atoms with Gasteiger partial charge in [-0.25, -0.2) is 18.2 Å². The Kier molecular flexibility index (Phi) is 3.72. The number of aromatic nitrogens is 1. The smallest absolute Gasteiger partial charge is 0.337 e. The van der Waals surface area contributed by atoms with Crippen molar-refractivity contribution >= 4 is 21.9 Å². The van der Waals surface area contributed by atoms with Crippen LogP contribution in [0.3, 0.4) is 0 Å². The average molecular weight is 313 g/mol. The highest BCUT2D eigenvalue weighted by Gasteiger charge is 2.45. The Morgan fingerprint density at radius 2 is 2.10 bits per heavy atom. The quantitative estimate of drug-likeness (QED) is 0.790. The molecule has 21 heavy (non-hydrogen) atoms. The minimum absolute atomic E-state index is 0.107. The molecule has 2 rings (SSSR count). The molecule has 0 spiro atoms. The highest BCUT2D eigenvalue weighted by molar-refractivity contribution is 7.89. The average Bonchev–Trinajstić information content (AvgIpc) is 2.41. The number of carbonyl (C=O) groups excluding carboxylic acids is 1. The van der Waals surface area contributed by atoms with E-state index in [1.807, 2.05) is 0 Å². The van der Waals surface area contributed by atoms with Crippen molar-refractivity contribution in [2.24, 2.45) is 0 Å². The lowest BCUT2D eigenvalue weighted by Gasteiger charge is -2.39. The SMILES string of the molecule is CC1(C)C(=O)NCCN1S(=O)(=O)c1ccc(C(=O)O)cn1. The van der Waals surface area contributed by atoms with Crippen molar-refractivity contribution in [2.45, 2.75) is 24.4 Å². The van der Waals surface area contributed by atoms with Gasteiger partial charge in [-0.15, -0.1) is 0 Å². The lowest BCUT2D eigenvalue weighted by molar-refractivity contribution is -0.131. The predicted molar refractivity (Wildman–Crippen MR) is 72.2 cm³/mol. The molecule has 114 valence electrons. The van der Waals surface area contributed by atoms with E-state index in [0.717, 1.165) is 16.6 Å². The van der Waals surface area contributed by atoms with Gasteiger partial charge in [0.1, 0.15) is 5.54 Å². The number of pyridine rings is 1. The Hall–Kier alpha value is -2.00. The van der Waals surface area contributed by atoms with E-state index in [1.54, 1.807) is 0 Å². The first-order chi connectivity index (χ1) is 9.67. The van der Waals surface area contributed by atoms with Gasteiger partial charge >= 0.3 is 5.97 Å². The minimum Gasteiger partial charge on any atom is -0.478 e. The third kappa shape index (κ3) is 2.61. The molecule has 0 aromatic carbocycles. The molecule has 2 heterocycles. The molecule has 0 saturated carbocycles. The summed E-state index contributed by atoms with van der Waals surface area (Å²) in [5.74, 6) is -1.58. The number of piperazine rings is 1. The maximum absolute atomic E-state index is 12.6. The third-order valence-corrected chi connectivity index (χ3v) is 5.31. The molecule has 1 aromatic heterocycles. The summed E-state index contributed by atoms with van der Waals surface area (Å²) in [6, 6.07) is 2.29. The Morgan fingerprint density at radius 3 is 2.62 bits per heavy atom. The molecule has 0 atom stereocenters. The molecule has 1 fully saturated rings. The second-order valence-corrected chi connectivity index (χ2v) is 6.89. The van der Waals surface area contributed by atoms with Crippen LogP contribution in [0.15, 0.2) is 23.4 Å². The lowest BCUT2D eigenvalue weighted by Crippen LogP contribution is -2.63. The summed E-state index contributed by atoms with van der Waals surface area (Å²) < 4.78 is 26.2. The zero-order chi connectivity index (χ0) is 15.8. The number of nitrogens with zero attached hydrogens (tertiary/aromatic N) is 2. The van der Waals surface area contributed by atoms with Gasteiger partial charge in [-0.1, -0.05) is 0 Å². The second-order valence-electron chi connectivity index (χ2n) is 5.08. The van der Waals surface area contributed by atoms with Gasteiger partial charge < -0.3 is 10.4 Å². The fourth-order valence-corrected chi connectivity index (χ4v) is 3.74. The molecule has 0 radical (unpaired) electrons. The first-order valence-corrected chi connectivity index (χ1v) is 7.62. The molecule has 1 aromatic rings. The number of carbonyl (C=O) groups is 2. The summed E-state index contributed by atoms with van der Waals surface area (Å²) >= 11 is 0. The standard InChI is InChI=1S/C12H15N3O5S/c1-12(2)11(18)13-5-6-15(12)21(19,20)9-4-3-8(7-14-9)10(16)17/h3-4,7H,5-6H2,1-2H3,(H,13,18)(H,16,17).